The summed E-state index contributed by atoms with van der Waals surface area (Å²) >= 11 is 0. The van der Waals surface area contributed by atoms with Crippen LogP contribution in [-0.4, -0.2) is 22.2 Å². The first-order chi connectivity index (χ1) is 15.0. The summed E-state index contributed by atoms with van der Waals surface area (Å²) in [6, 6.07) is 15.7. The highest BCUT2D eigenvalue weighted by Gasteiger charge is 2.28. The molecule has 5 heteroatoms. The van der Waals surface area contributed by atoms with E-state index in [-0.39, 0.29) is 13.4 Å². The Morgan fingerprint density at radius 3 is 2.45 bits per heavy atom. The number of carbonyl (C=O) groups excluding carboxylic acids is 1. The first kappa shape index (κ1) is 24.3. The number of ether oxygens (including phenoxy) is 1. The fourth-order valence-corrected chi connectivity index (χ4v) is 3.27. The summed E-state index contributed by atoms with van der Waals surface area (Å²) in [5, 5.41) is 12.1. The minimum Gasteiger partial charge on any atom is -0.478 e. The Labute approximate surface area is 187 Å². The first-order valence-electron chi connectivity index (χ1n) is 11.3. The predicted molar refractivity (Wildman–Crippen MR) is 131 cm³/mol. The number of hydrogen-bond acceptors (Lipinski definition) is 4. The van der Waals surface area contributed by atoms with Crippen LogP contribution in [0.2, 0.25) is 0 Å². The molecule has 1 aliphatic rings. The Balaban J connectivity index is 0.000000293. The summed E-state index contributed by atoms with van der Waals surface area (Å²) < 4.78 is 5.70. The number of nitrogens with one attached hydrogen (secondary N) is 1. The fourth-order valence-electron chi connectivity index (χ4n) is 3.27. The molecule has 0 saturated heterocycles. The molecule has 2 atom stereocenters. The van der Waals surface area contributed by atoms with Gasteiger partial charge in [-0.25, -0.2) is 0 Å². The zero-order chi connectivity index (χ0) is 22.8. The van der Waals surface area contributed by atoms with Crippen molar-refractivity contribution in [3.05, 3.63) is 60.3 Å². The van der Waals surface area contributed by atoms with Crippen molar-refractivity contribution in [1.82, 2.24) is 10.2 Å². The number of carbonyl (C=O) groups is 1. The monoisotopic (exact) mass is 423 g/mol. The Morgan fingerprint density at radius 1 is 1.06 bits per heavy atom. The number of benzene rings is 2. The molecule has 0 radical (unpaired) electrons. The van der Waals surface area contributed by atoms with E-state index < -0.39 is 0 Å². The number of amides is 1. The highest BCUT2D eigenvalue weighted by Crippen LogP contribution is 2.30. The lowest BCUT2D eigenvalue weighted by atomic mass is 9.99. The lowest BCUT2D eigenvalue weighted by Gasteiger charge is -2.27. The third kappa shape index (κ3) is 6.51. The molecule has 3 aromatic rings. The second-order valence-corrected chi connectivity index (χ2v) is 7.81. The van der Waals surface area contributed by atoms with Crippen molar-refractivity contribution in [2.45, 2.75) is 66.4 Å². The molecular weight excluding hydrogens is 386 g/mol. The van der Waals surface area contributed by atoms with Crippen LogP contribution in [0.3, 0.4) is 0 Å². The third-order valence-electron chi connectivity index (χ3n) is 5.22. The van der Waals surface area contributed by atoms with Gasteiger partial charge in [0.25, 0.3) is 5.91 Å². The number of rotatable bonds is 4. The Hall–Kier alpha value is -2.95. The van der Waals surface area contributed by atoms with Crippen LogP contribution in [0.4, 0.5) is 5.69 Å². The van der Waals surface area contributed by atoms with E-state index in [9.17, 15) is 4.79 Å². The first-order valence-corrected chi connectivity index (χ1v) is 11.3. The summed E-state index contributed by atoms with van der Waals surface area (Å²) in [7, 11) is 0. The summed E-state index contributed by atoms with van der Waals surface area (Å²) in [6.45, 7) is 12.6. The third-order valence-corrected chi connectivity index (χ3v) is 5.22. The maximum atomic E-state index is 11.8. The molecule has 0 saturated carbocycles. The summed E-state index contributed by atoms with van der Waals surface area (Å²) in [4.78, 5) is 11.8. The number of hydrogen-bond donors (Lipinski definition) is 1. The van der Waals surface area contributed by atoms with Crippen LogP contribution >= 0.6 is 0 Å². The van der Waals surface area contributed by atoms with Crippen LogP contribution in [-0.2, 0) is 4.79 Å². The van der Waals surface area contributed by atoms with Crippen LogP contribution in [0.15, 0.2) is 54.7 Å². The highest BCUT2D eigenvalue weighted by molar-refractivity contribution is 5.97. The van der Waals surface area contributed by atoms with Gasteiger partial charge >= 0.3 is 0 Å². The van der Waals surface area contributed by atoms with Gasteiger partial charge in [-0.05, 0) is 42.0 Å². The predicted octanol–water partition coefficient (Wildman–Crippen LogP) is 6.85. The van der Waals surface area contributed by atoms with Gasteiger partial charge < -0.3 is 10.1 Å². The smallest absolute Gasteiger partial charge is 0.265 e. The lowest BCUT2D eigenvalue weighted by Crippen LogP contribution is -2.38. The number of para-hydroxylation sites is 2. The SMILES string of the molecule is CC.CC(C)c1cnnc2ccccc12.CCC(C)CC1Oc2ccccc2NC1=O.[HH]. The van der Waals surface area contributed by atoms with Crippen molar-refractivity contribution in [2.24, 2.45) is 5.92 Å². The van der Waals surface area contributed by atoms with E-state index in [0.717, 1.165) is 29.8 Å². The molecule has 0 fully saturated rings. The highest BCUT2D eigenvalue weighted by atomic mass is 16.5. The quantitative estimate of drug-likeness (QED) is 0.498. The van der Waals surface area contributed by atoms with Crippen molar-refractivity contribution in [3.8, 4) is 5.75 Å². The summed E-state index contributed by atoms with van der Waals surface area (Å²) in [5.74, 6) is 1.75. The molecule has 1 amide bonds. The Morgan fingerprint density at radius 2 is 1.74 bits per heavy atom. The topological polar surface area (TPSA) is 64.1 Å². The van der Waals surface area contributed by atoms with Crippen molar-refractivity contribution in [1.29, 1.82) is 0 Å². The van der Waals surface area contributed by atoms with E-state index in [4.69, 9.17) is 4.74 Å². The zero-order valence-electron chi connectivity index (χ0n) is 19.6. The number of fused-ring (bicyclic) bond motifs is 2. The van der Waals surface area contributed by atoms with E-state index in [0.29, 0.717) is 11.8 Å². The molecule has 2 heterocycles. The number of anilines is 1. The van der Waals surface area contributed by atoms with Gasteiger partial charge in [0.2, 0.25) is 0 Å². The molecule has 5 nitrogen and oxygen atoms in total. The van der Waals surface area contributed by atoms with E-state index in [1.54, 1.807) is 0 Å². The van der Waals surface area contributed by atoms with Gasteiger partial charge in [0.1, 0.15) is 5.75 Å². The van der Waals surface area contributed by atoms with Crippen molar-refractivity contribution < 1.29 is 11.0 Å². The largest absolute Gasteiger partial charge is 0.478 e. The molecular formula is C26H37N3O2. The minimum atomic E-state index is -0.343. The molecule has 1 aromatic heterocycles. The molecule has 0 spiro atoms. The molecule has 4 rings (SSSR count). The number of nitrogens with zero attached hydrogens (tertiary/aromatic N) is 2. The Bertz CT molecular complexity index is 973. The second kappa shape index (κ2) is 12.0. The van der Waals surface area contributed by atoms with E-state index in [1.807, 2.05) is 62.5 Å². The lowest BCUT2D eigenvalue weighted by molar-refractivity contribution is -0.124. The van der Waals surface area contributed by atoms with Gasteiger partial charge in [0, 0.05) is 6.81 Å². The van der Waals surface area contributed by atoms with E-state index in [1.165, 1.54) is 10.9 Å². The zero-order valence-corrected chi connectivity index (χ0v) is 19.6. The van der Waals surface area contributed by atoms with Crippen molar-refractivity contribution in [2.75, 3.05) is 5.32 Å². The second-order valence-electron chi connectivity index (χ2n) is 7.81. The van der Waals surface area contributed by atoms with Gasteiger partial charge in [-0.1, -0.05) is 78.3 Å². The van der Waals surface area contributed by atoms with Crippen molar-refractivity contribution in [3.63, 3.8) is 0 Å². The number of aromatic nitrogens is 2. The fraction of sp³-hybridized carbons (Fsp3) is 0.423. The molecule has 31 heavy (non-hydrogen) atoms. The van der Waals surface area contributed by atoms with E-state index >= 15 is 0 Å². The molecule has 0 bridgehead atoms. The van der Waals surface area contributed by atoms with Crippen LogP contribution < -0.4 is 10.1 Å². The van der Waals surface area contributed by atoms with Gasteiger partial charge in [-0.3, -0.25) is 4.79 Å². The molecule has 2 aromatic carbocycles. The maximum absolute atomic E-state index is 11.8. The minimum absolute atomic E-state index is 0. The van der Waals surface area contributed by atoms with E-state index in [2.05, 4.69) is 49.3 Å². The van der Waals surface area contributed by atoms with Gasteiger partial charge in [0.15, 0.2) is 6.10 Å². The van der Waals surface area contributed by atoms with Gasteiger partial charge in [-0.15, -0.1) is 0 Å². The molecule has 1 N–H and O–H groups in total. The maximum Gasteiger partial charge on any atom is 0.265 e. The van der Waals surface area contributed by atoms with Crippen LogP contribution in [0.1, 0.15) is 67.3 Å². The van der Waals surface area contributed by atoms with Gasteiger partial charge in [-0.2, -0.15) is 10.2 Å². The average Bonchev–Trinajstić information content (AvgIpc) is 2.80. The van der Waals surface area contributed by atoms with Gasteiger partial charge in [0.05, 0.1) is 17.4 Å². The molecule has 0 aliphatic carbocycles. The normalized spacial score (nSPS) is 15.5. The Kier molecular flexibility index (Phi) is 9.44. The van der Waals surface area contributed by atoms with Crippen LogP contribution in [0.5, 0.6) is 5.75 Å². The standard InChI is InChI=1S/C13H17NO2.C11H12N2.C2H6.H2/c1-3-9(2)8-12-13(15)14-10-6-4-5-7-11(10)16-12;1-8(2)10-7-12-13-11-6-4-3-5-9(10)11;1-2;/h4-7,9,12H,3,8H2,1-2H3,(H,14,15);3-8H,1-2H3;1-2H3;1H. The average molecular weight is 424 g/mol. The summed E-state index contributed by atoms with van der Waals surface area (Å²) in [5.41, 5.74) is 3.02. The molecule has 1 aliphatic heterocycles. The van der Waals surface area contributed by atoms with Crippen LogP contribution in [0.25, 0.3) is 10.9 Å². The molecule has 168 valence electrons. The van der Waals surface area contributed by atoms with Crippen LogP contribution in [0, 0.1) is 5.92 Å². The summed E-state index contributed by atoms with van der Waals surface area (Å²) in [6.07, 6.45) is 3.35. The molecule has 2 unspecified atom stereocenters. The van der Waals surface area contributed by atoms with Crippen molar-refractivity contribution >= 4 is 22.5 Å².